The molecule has 0 radical (unpaired) electrons. The van der Waals surface area contributed by atoms with Gasteiger partial charge >= 0.3 is 0 Å². The summed E-state index contributed by atoms with van der Waals surface area (Å²) in [7, 11) is -3.62. The lowest BCUT2D eigenvalue weighted by Crippen LogP contribution is -2.40. The Hall–Kier alpha value is -1.94. The first-order valence-electron chi connectivity index (χ1n) is 9.26. The zero-order chi connectivity index (χ0) is 21.0. The van der Waals surface area contributed by atoms with Gasteiger partial charge in [0.25, 0.3) is 0 Å². The second-order valence-electron chi connectivity index (χ2n) is 6.88. The molecule has 2 aromatic carbocycles. The van der Waals surface area contributed by atoms with Crippen LogP contribution < -0.4 is 10.6 Å². The molecular formula is C20H24BrN3O4S. The zero-order valence-electron chi connectivity index (χ0n) is 16.4. The third-order valence-corrected chi connectivity index (χ3v) is 7.21. The summed E-state index contributed by atoms with van der Waals surface area (Å²) in [6.07, 6.45) is 0. The van der Waals surface area contributed by atoms with E-state index in [1.807, 2.05) is 32.0 Å². The second-order valence-corrected chi connectivity index (χ2v) is 9.67. The zero-order valence-corrected chi connectivity index (χ0v) is 18.8. The van der Waals surface area contributed by atoms with Gasteiger partial charge in [0.1, 0.15) is 0 Å². The van der Waals surface area contributed by atoms with Crippen LogP contribution in [-0.2, 0) is 19.6 Å². The molecular weight excluding hydrogens is 458 g/mol. The Labute approximate surface area is 179 Å². The Morgan fingerprint density at radius 2 is 1.83 bits per heavy atom. The number of ether oxygens (including phenoxy) is 1. The van der Waals surface area contributed by atoms with E-state index in [2.05, 4.69) is 26.6 Å². The lowest BCUT2D eigenvalue weighted by molar-refractivity contribution is -0.114. The van der Waals surface area contributed by atoms with Crippen LogP contribution in [0.2, 0.25) is 0 Å². The summed E-state index contributed by atoms with van der Waals surface area (Å²) in [6, 6.07) is 10.6. The fourth-order valence-corrected chi connectivity index (χ4v) is 5.03. The lowest BCUT2D eigenvalue weighted by atomic mass is 10.2. The van der Waals surface area contributed by atoms with Gasteiger partial charge in [-0.3, -0.25) is 4.79 Å². The van der Waals surface area contributed by atoms with E-state index < -0.39 is 10.0 Å². The van der Waals surface area contributed by atoms with Crippen molar-refractivity contribution in [1.82, 2.24) is 4.31 Å². The highest BCUT2D eigenvalue weighted by atomic mass is 79.9. The van der Waals surface area contributed by atoms with Crippen molar-refractivity contribution in [3.05, 3.63) is 52.0 Å². The number of hydrogen-bond acceptors (Lipinski definition) is 5. The number of benzene rings is 2. The number of anilines is 2. The lowest BCUT2D eigenvalue weighted by Gasteiger charge is -2.26. The smallest absolute Gasteiger partial charge is 0.243 e. The number of rotatable bonds is 6. The maximum atomic E-state index is 12.9. The number of aryl methyl sites for hydroxylation is 2. The number of halogens is 1. The predicted octanol–water partition coefficient (Wildman–Crippen LogP) is 3.14. The van der Waals surface area contributed by atoms with Gasteiger partial charge in [-0.05, 0) is 65.2 Å². The molecule has 1 saturated heterocycles. The fourth-order valence-electron chi connectivity index (χ4n) is 2.97. The quantitative estimate of drug-likeness (QED) is 0.661. The van der Waals surface area contributed by atoms with Crippen molar-refractivity contribution in [1.29, 1.82) is 0 Å². The summed E-state index contributed by atoms with van der Waals surface area (Å²) in [5.41, 5.74) is 3.19. The minimum absolute atomic E-state index is 0.0571. The first kappa shape index (κ1) is 21.8. The van der Waals surface area contributed by atoms with Crippen LogP contribution in [0.3, 0.4) is 0 Å². The first-order valence-corrected chi connectivity index (χ1v) is 11.5. The molecule has 2 aromatic rings. The van der Waals surface area contributed by atoms with Gasteiger partial charge in [-0.2, -0.15) is 4.31 Å². The number of amides is 1. The molecule has 1 aliphatic rings. The van der Waals surface area contributed by atoms with Gasteiger partial charge in [0.15, 0.2) is 0 Å². The van der Waals surface area contributed by atoms with E-state index in [1.54, 1.807) is 12.1 Å². The first-order chi connectivity index (χ1) is 13.8. The maximum Gasteiger partial charge on any atom is 0.243 e. The molecule has 156 valence electrons. The van der Waals surface area contributed by atoms with Crippen LogP contribution in [-0.4, -0.2) is 51.5 Å². The van der Waals surface area contributed by atoms with E-state index in [0.29, 0.717) is 32.0 Å². The summed E-state index contributed by atoms with van der Waals surface area (Å²) in [4.78, 5) is 12.6. The molecule has 7 nitrogen and oxygen atoms in total. The summed E-state index contributed by atoms with van der Waals surface area (Å²) in [5.74, 6) is -0.263. The Morgan fingerprint density at radius 1 is 1.10 bits per heavy atom. The van der Waals surface area contributed by atoms with Gasteiger partial charge < -0.3 is 15.4 Å². The Bertz CT molecular complexity index is 1000. The monoisotopic (exact) mass is 481 g/mol. The summed E-state index contributed by atoms with van der Waals surface area (Å²) in [6.45, 7) is 5.29. The third-order valence-electron chi connectivity index (χ3n) is 4.65. The van der Waals surface area contributed by atoms with Gasteiger partial charge in [0.2, 0.25) is 15.9 Å². The van der Waals surface area contributed by atoms with Gasteiger partial charge in [-0.25, -0.2) is 8.42 Å². The van der Waals surface area contributed by atoms with Crippen LogP contribution in [0.5, 0.6) is 0 Å². The molecule has 1 heterocycles. The largest absolute Gasteiger partial charge is 0.379 e. The number of carbonyl (C=O) groups excluding carboxylic acids is 1. The highest BCUT2D eigenvalue weighted by Gasteiger charge is 2.26. The molecule has 3 rings (SSSR count). The molecule has 0 aliphatic carbocycles. The molecule has 9 heteroatoms. The normalized spacial score (nSPS) is 15.1. The van der Waals surface area contributed by atoms with Crippen LogP contribution in [0.15, 0.2) is 45.8 Å². The average molecular weight is 482 g/mol. The average Bonchev–Trinajstić information content (AvgIpc) is 2.69. The molecule has 0 aromatic heterocycles. The number of carbonyl (C=O) groups is 1. The van der Waals surface area contributed by atoms with Crippen LogP contribution >= 0.6 is 15.9 Å². The minimum atomic E-state index is -3.62. The van der Waals surface area contributed by atoms with Gasteiger partial charge in [0, 0.05) is 28.9 Å². The standard InChI is InChI=1S/C20H24BrN3O4S/c1-14-3-6-18(17(21)11-14)22-13-20(25)23-19-12-16(5-4-15(19)2)29(26,27)24-7-9-28-10-8-24/h3-6,11-12,22H,7-10,13H2,1-2H3,(H,23,25). The van der Waals surface area contributed by atoms with Crippen LogP contribution in [0, 0.1) is 13.8 Å². The topological polar surface area (TPSA) is 87.7 Å². The van der Waals surface area contributed by atoms with Gasteiger partial charge in [-0.1, -0.05) is 12.1 Å². The van der Waals surface area contributed by atoms with Crippen LogP contribution in [0.25, 0.3) is 0 Å². The van der Waals surface area contributed by atoms with E-state index in [-0.39, 0.29) is 17.3 Å². The predicted molar refractivity (Wildman–Crippen MR) is 117 cm³/mol. The number of sulfonamides is 1. The number of nitrogens with zero attached hydrogens (tertiary/aromatic N) is 1. The van der Waals surface area contributed by atoms with Gasteiger partial charge in [-0.15, -0.1) is 0 Å². The molecule has 1 aliphatic heterocycles. The van der Waals surface area contributed by atoms with E-state index in [1.165, 1.54) is 10.4 Å². The van der Waals surface area contributed by atoms with Crippen LogP contribution in [0.4, 0.5) is 11.4 Å². The van der Waals surface area contributed by atoms with Gasteiger partial charge in [0.05, 0.1) is 24.7 Å². The van der Waals surface area contributed by atoms with E-state index in [4.69, 9.17) is 4.74 Å². The molecule has 0 bridgehead atoms. The summed E-state index contributed by atoms with van der Waals surface area (Å²) in [5, 5.41) is 5.88. The SMILES string of the molecule is Cc1ccc(NCC(=O)Nc2cc(S(=O)(=O)N3CCOCC3)ccc2C)c(Br)c1. The maximum absolute atomic E-state index is 12.9. The van der Waals surface area contributed by atoms with Crippen molar-refractivity contribution in [2.45, 2.75) is 18.7 Å². The third kappa shape index (κ3) is 5.36. The molecule has 0 saturated carbocycles. The van der Waals surface area contributed by atoms with E-state index >= 15 is 0 Å². The Kier molecular flexibility index (Phi) is 6.94. The van der Waals surface area contributed by atoms with Crippen molar-refractivity contribution >= 4 is 43.2 Å². The molecule has 29 heavy (non-hydrogen) atoms. The van der Waals surface area contributed by atoms with Crippen molar-refractivity contribution < 1.29 is 17.9 Å². The van der Waals surface area contributed by atoms with Crippen LogP contribution in [0.1, 0.15) is 11.1 Å². The van der Waals surface area contributed by atoms with Crippen molar-refractivity contribution in [2.24, 2.45) is 0 Å². The highest BCUT2D eigenvalue weighted by Crippen LogP contribution is 2.25. The fraction of sp³-hybridized carbons (Fsp3) is 0.350. The van der Waals surface area contributed by atoms with E-state index in [9.17, 15) is 13.2 Å². The number of hydrogen-bond donors (Lipinski definition) is 2. The summed E-state index contributed by atoms with van der Waals surface area (Å²) < 4.78 is 33.2. The Morgan fingerprint density at radius 3 is 2.52 bits per heavy atom. The Balaban J connectivity index is 1.70. The van der Waals surface area contributed by atoms with E-state index in [0.717, 1.165) is 21.3 Å². The number of nitrogens with one attached hydrogen (secondary N) is 2. The number of morpholine rings is 1. The summed E-state index contributed by atoms with van der Waals surface area (Å²) >= 11 is 3.47. The molecule has 1 fully saturated rings. The van der Waals surface area contributed by atoms with Crippen molar-refractivity contribution in [3.8, 4) is 0 Å². The molecule has 0 atom stereocenters. The van der Waals surface area contributed by atoms with Crippen molar-refractivity contribution in [2.75, 3.05) is 43.5 Å². The molecule has 0 spiro atoms. The second kappa shape index (κ2) is 9.25. The molecule has 1 amide bonds. The van der Waals surface area contributed by atoms with Crippen molar-refractivity contribution in [3.63, 3.8) is 0 Å². The minimum Gasteiger partial charge on any atom is -0.379 e. The highest BCUT2D eigenvalue weighted by molar-refractivity contribution is 9.10. The molecule has 2 N–H and O–H groups in total. The molecule has 0 unspecified atom stereocenters.